The second kappa shape index (κ2) is 16.0. The van der Waals surface area contributed by atoms with E-state index in [9.17, 15) is 2.74 Å². The fourth-order valence-corrected chi connectivity index (χ4v) is 10.5. The molecule has 0 saturated heterocycles. The molecular weight excluding hydrogens is 863 g/mol. The molecule has 0 fully saturated rings. The van der Waals surface area contributed by atoms with Crippen LogP contribution < -0.4 is 0 Å². The lowest BCUT2D eigenvalue weighted by Crippen LogP contribution is -2.10. The summed E-state index contributed by atoms with van der Waals surface area (Å²) in [7, 11) is 0. The summed E-state index contributed by atoms with van der Waals surface area (Å²) in [4.78, 5) is 10.9. The van der Waals surface area contributed by atoms with Gasteiger partial charge in [-0.05, 0) is 146 Å². The normalized spacial score (nSPS) is 13.2. The Morgan fingerprint density at radius 3 is 1.13 bits per heavy atom. The Hall–Kier alpha value is -8.54. The number of rotatable bonds is 6. The molecule has 4 heterocycles. The van der Waals surface area contributed by atoms with Gasteiger partial charge in [-0.1, -0.05) is 163 Å². The minimum absolute atomic E-state index is 0.0153. The molecule has 0 spiro atoms. The van der Waals surface area contributed by atoms with Gasteiger partial charge in [-0.2, -0.15) is 0 Å². The predicted octanol–water partition coefficient (Wildman–Crippen LogP) is 17.4. The molecule has 0 unspecified atom stereocenters. The molecule has 5 heteroatoms. The van der Waals surface area contributed by atoms with Gasteiger partial charge in [-0.15, -0.1) is 0 Å². The van der Waals surface area contributed by atoms with Crippen molar-refractivity contribution in [2.45, 2.75) is 52.4 Å². The highest BCUT2D eigenvalue weighted by atomic mass is 15.1. The maximum Gasteiger partial charge on any atom is 0.165 e. The molecule has 0 atom stereocenters. The first-order valence-electron chi connectivity index (χ1n) is 26.4. The van der Waals surface area contributed by atoms with E-state index in [2.05, 4.69) is 198 Å². The van der Waals surface area contributed by atoms with Crippen LogP contribution in [0.25, 0.3) is 116 Å². The van der Waals surface area contributed by atoms with Gasteiger partial charge in [0.15, 0.2) is 11.3 Å². The summed E-state index contributed by atoms with van der Waals surface area (Å²) in [6.07, 6.45) is 0. The number of nitrogens with zero attached hydrogens (tertiary/aromatic N) is 5. The Kier molecular flexibility index (Phi) is 8.64. The molecule has 0 saturated carbocycles. The van der Waals surface area contributed by atoms with Crippen molar-refractivity contribution in [2.75, 3.05) is 0 Å². The van der Waals surface area contributed by atoms with Crippen molar-refractivity contribution in [3.05, 3.63) is 223 Å². The zero-order chi connectivity index (χ0) is 51.7. The van der Waals surface area contributed by atoms with Crippen LogP contribution in [-0.4, -0.2) is 23.7 Å². The molecule has 13 aromatic rings. The first kappa shape index (κ1) is 38.3. The number of benzene rings is 9. The molecule has 5 nitrogen and oxygen atoms in total. The van der Waals surface area contributed by atoms with E-state index in [0.717, 1.165) is 61.5 Å². The molecule has 0 aliphatic heterocycles. The Bertz CT molecular complexity index is 4310. The maximum atomic E-state index is 9.35. The topological polar surface area (TPSA) is 40.6 Å². The van der Waals surface area contributed by atoms with E-state index in [1.165, 1.54) is 21.9 Å². The highest BCUT2D eigenvalue weighted by Gasteiger charge is 2.24. The van der Waals surface area contributed by atoms with Gasteiger partial charge in [0, 0.05) is 38.6 Å². The molecule has 0 N–H and O–H groups in total. The van der Waals surface area contributed by atoms with Crippen LogP contribution in [0.2, 0.25) is 0 Å². The van der Waals surface area contributed by atoms with Crippen LogP contribution >= 0.6 is 0 Å². The summed E-state index contributed by atoms with van der Waals surface area (Å²) < 4.78 is 42.6. The molecule has 0 aliphatic rings. The third-order valence-corrected chi connectivity index (χ3v) is 14.3. The SMILES string of the molecule is [2H]c1cc([2H])c2c(c1)c1nc3c(nc1n2-c1ccc(-c2cc(-c4ccccc4)cc(-c4ccccc4)c2)cc1)c1cc([2H])cc([2H])c1n3-c1ccc(-n2c3ccc(C(C)(C)C)cc3c3cc(C(C)(C)C)ccc32)cc1. The number of hydrogen-bond donors (Lipinski definition) is 0. The smallest absolute Gasteiger partial charge is 0.165 e. The highest BCUT2D eigenvalue weighted by Crippen LogP contribution is 2.40. The molecule has 0 bridgehead atoms. The first-order chi connectivity index (χ1) is 36.1. The largest absolute Gasteiger partial charge is 0.309 e. The first-order valence-corrected chi connectivity index (χ1v) is 24.4. The lowest BCUT2D eigenvalue weighted by atomic mass is 9.85. The van der Waals surface area contributed by atoms with Crippen LogP contribution in [0.3, 0.4) is 0 Å². The number of aromatic nitrogens is 5. The van der Waals surface area contributed by atoms with E-state index >= 15 is 0 Å². The molecule has 4 aromatic heterocycles. The number of fused-ring (bicyclic) bond motifs is 9. The summed E-state index contributed by atoms with van der Waals surface area (Å²) in [5.41, 5.74) is 17.3. The van der Waals surface area contributed by atoms with Crippen molar-refractivity contribution in [3.63, 3.8) is 0 Å². The predicted molar refractivity (Wildman–Crippen MR) is 299 cm³/mol. The van der Waals surface area contributed by atoms with E-state index < -0.39 is 0 Å². The van der Waals surface area contributed by atoms with Gasteiger partial charge < -0.3 is 4.57 Å². The summed E-state index contributed by atoms with van der Waals surface area (Å²) in [5.74, 6) is 0. The molecule has 71 heavy (non-hydrogen) atoms. The summed E-state index contributed by atoms with van der Waals surface area (Å²) in [6, 6.07) is 65.5. The van der Waals surface area contributed by atoms with Crippen LogP contribution in [0.4, 0.5) is 0 Å². The Morgan fingerprint density at radius 2 is 0.718 bits per heavy atom. The van der Waals surface area contributed by atoms with Crippen molar-refractivity contribution in [1.29, 1.82) is 0 Å². The quantitative estimate of drug-likeness (QED) is 0.167. The van der Waals surface area contributed by atoms with E-state index in [-0.39, 0.29) is 35.0 Å². The standard InChI is InChI=1S/C66H53N5/c1-65(2,3)48-27-35-59-55(40-48)56-41-49(66(4,5)6)28-36-60(56)69(59)50-31-33-52(34-32-50)71-58-24-16-14-22-54(58)62-64(71)68-61-53-21-13-15-23-57(53)70(63(61)67-62)51-29-25-44(26-30-51)47-38-45(42-17-9-7-10-18-42)37-46(39-47)43-19-11-8-12-20-43/h7-41H,1-6H3/i13D,14D,23D,24D. The summed E-state index contributed by atoms with van der Waals surface area (Å²) >= 11 is 0. The van der Waals surface area contributed by atoms with E-state index in [0.29, 0.717) is 44.1 Å². The van der Waals surface area contributed by atoms with Gasteiger partial charge in [0.25, 0.3) is 0 Å². The van der Waals surface area contributed by atoms with Crippen molar-refractivity contribution >= 4 is 65.9 Å². The second-order valence-electron chi connectivity index (χ2n) is 20.9. The van der Waals surface area contributed by atoms with Gasteiger partial charge in [0.05, 0.1) is 27.5 Å². The van der Waals surface area contributed by atoms with Gasteiger partial charge in [-0.3, -0.25) is 9.13 Å². The van der Waals surface area contributed by atoms with Gasteiger partial charge >= 0.3 is 0 Å². The van der Waals surface area contributed by atoms with Crippen LogP contribution in [0.15, 0.2) is 212 Å². The fraction of sp³-hybridized carbons (Fsp3) is 0.121. The number of hydrogen-bond acceptors (Lipinski definition) is 2. The van der Waals surface area contributed by atoms with Crippen molar-refractivity contribution in [2.24, 2.45) is 0 Å². The lowest BCUT2D eigenvalue weighted by molar-refractivity contribution is 0.590. The molecule has 13 rings (SSSR count). The molecule has 0 amide bonds. The zero-order valence-corrected chi connectivity index (χ0v) is 40.6. The number of para-hydroxylation sites is 2. The van der Waals surface area contributed by atoms with Crippen molar-refractivity contribution in [3.8, 4) is 50.4 Å². The zero-order valence-electron chi connectivity index (χ0n) is 44.6. The van der Waals surface area contributed by atoms with E-state index in [4.69, 9.17) is 12.7 Å². The second-order valence-corrected chi connectivity index (χ2v) is 20.9. The minimum Gasteiger partial charge on any atom is -0.309 e. The Labute approximate surface area is 419 Å². The fourth-order valence-electron chi connectivity index (χ4n) is 10.5. The maximum absolute atomic E-state index is 9.35. The average molecular weight is 920 g/mol. The summed E-state index contributed by atoms with van der Waals surface area (Å²) in [5, 5.41) is 3.71. The highest BCUT2D eigenvalue weighted by molar-refractivity contribution is 6.13. The molecule has 342 valence electrons. The molecule has 9 aromatic carbocycles. The van der Waals surface area contributed by atoms with Gasteiger partial charge in [-0.25, -0.2) is 9.97 Å². The lowest BCUT2D eigenvalue weighted by Gasteiger charge is -2.19. The molecular formula is C66H53N5. The average Bonchev–Trinajstić information content (AvgIpc) is 4.07. The molecule has 0 aliphatic carbocycles. The van der Waals surface area contributed by atoms with E-state index in [1.54, 1.807) is 24.3 Å². The van der Waals surface area contributed by atoms with Gasteiger partial charge in [0.2, 0.25) is 0 Å². The Morgan fingerprint density at radius 1 is 0.338 bits per heavy atom. The third-order valence-electron chi connectivity index (χ3n) is 14.3. The van der Waals surface area contributed by atoms with Gasteiger partial charge in [0.1, 0.15) is 11.0 Å². The van der Waals surface area contributed by atoms with Crippen LogP contribution in [0.5, 0.6) is 0 Å². The third kappa shape index (κ3) is 7.06. The molecule has 0 radical (unpaired) electrons. The van der Waals surface area contributed by atoms with E-state index in [1.807, 2.05) is 21.3 Å². The summed E-state index contributed by atoms with van der Waals surface area (Å²) in [6.45, 7) is 13.5. The van der Waals surface area contributed by atoms with Crippen molar-refractivity contribution < 1.29 is 5.48 Å². The monoisotopic (exact) mass is 919 g/mol. The van der Waals surface area contributed by atoms with Crippen LogP contribution in [0.1, 0.15) is 58.2 Å². The van der Waals surface area contributed by atoms with Crippen molar-refractivity contribution in [1.82, 2.24) is 23.7 Å². The van der Waals surface area contributed by atoms with Crippen LogP contribution in [-0.2, 0) is 10.8 Å². The Balaban J connectivity index is 0.978. The van der Waals surface area contributed by atoms with Crippen LogP contribution in [0, 0.1) is 0 Å². The minimum atomic E-state index is -0.0153.